The molecule has 1 fully saturated rings. The minimum absolute atomic E-state index is 0.0582. The molecule has 28 heavy (non-hydrogen) atoms. The van der Waals surface area contributed by atoms with E-state index in [4.69, 9.17) is 9.72 Å². The van der Waals surface area contributed by atoms with Crippen LogP contribution in [0.15, 0.2) is 54.6 Å². The van der Waals surface area contributed by atoms with E-state index >= 15 is 0 Å². The summed E-state index contributed by atoms with van der Waals surface area (Å²) in [6, 6.07) is 18.1. The van der Waals surface area contributed by atoms with Crippen molar-refractivity contribution < 1.29 is 9.53 Å². The second-order valence-electron chi connectivity index (χ2n) is 7.41. The number of nitrogens with zero attached hydrogens (tertiary/aromatic N) is 3. The smallest absolute Gasteiger partial charge is 0.242 e. The number of anilines is 1. The highest BCUT2D eigenvalue weighted by Crippen LogP contribution is 2.21. The Bertz CT molecular complexity index is 944. The van der Waals surface area contributed by atoms with Crippen LogP contribution in [0.4, 0.5) is 5.95 Å². The lowest BCUT2D eigenvalue weighted by molar-refractivity contribution is -0.143. The Hall–Kier alpha value is -2.86. The van der Waals surface area contributed by atoms with Gasteiger partial charge in [-0.3, -0.25) is 4.79 Å². The third-order valence-electron chi connectivity index (χ3n) is 5.01. The van der Waals surface area contributed by atoms with Crippen molar-refractivity contribution in [3.05, 3.63) is 60.2 Å². The largest absolute Gasteiger partial charge is 0.372 e. The minimum Gasteiger partial charge on any atom is -0.372 e. The van der Waals surface area contributed by atoms with Gasteiger partial charge in [-0.15, -0.1) is 0 Å². The van der Waals surface area contributed by atoms with Crippen LogP contribution in [-0.4, -0.2) is 45.7 Å². The summed E-state index contributed by atoms with van der Waals surface area (Å²) in [5, 5.41) is 3.40. The van der Waals surface area contributed by atoms with E-state index < -0.39 is 0 Å². The normalized spacial score (nSPS) is 19.7. The van der Waals surface area contributed by atoms with E-state index in [1.165, 1.54) is 5.56 Å². The van der Waals surface area contributed by atoms with Crippen LogP contribution >= 0.6 is 0 Å². The summed E-state index contributed by atoms with van der Waals surface area (Å²) in [6.07, 6.45) is 0.116. The van der Waals surface area contributed by atoms with Gasteiger partial charge in [0.2, 0.25) is 11.9 Å². The molecule has 0 bridgehead atoms. The summed E-state index contributed by atoms with van der Waals surface area (Å²) < 4.78 is 7.74. The summed E-state index contributed by atoms with van der Waals surface area (Å²) in [4.78, 5) is 19.6. The number of imidazole rings is 1. The zero-order valence-corrected chi connectivity index (χ0v) is 16.3. The number of morpholine rings is 1. The van der Waals surface area contributed by atoms with Gasteiger partial charge < -0.3 is 19.5 Å². The zero-order valence-electron chi connectivity index (χ0n) is 16.3. The molecule has 2 aromatic carbocycles. The molecule has 1 N–H and O–H groups in total. The zero-order chi connectivity index (χ0) is 19.5. The van der Waals surface area contributed by atoms with Gasteiger partial charge in [0, 0.05) is 19.6 Å². The molecule has 0 saturated carbocycles. The number of carbonyl (C=O) groups is 1. The third kappa shape index (κ3) is 4.02. The number of aromatic nitrogens is 2. The van der Waals surface area contributed by atoms with E-state index in [0.717, 1.165) is 11.0 Å². The molecule has 1 saturated heterocycles. The van der Waals surface area contributed by atoms with Crippen LogP contribution in [0.1, 0.15) is 19.4 Å². The minimum atomic E-state index is 0.0582. The first kappa shape index (κ1) is 18.5. The van der Waals surface area contributed by atoms with Crippen LogP contribution in [0.25, 0.3) is 11.0 Å². The van der Waals surface area contributed by atoms with E-state index in [0.29, 0.717) is 25.6 Å². The number of hydrogen-bond acceptors (Lipinski definition) is 4. The topological polar surface area (TPSA) is 59.4 Å². The average molecular weight is 378 g/mol. The van der Waals surface area contributed by atoms with Crippen molar-refractivity contribution in [3.63, 3.8) is 0 Å². The second-order valence-corrected chi connectivity index (χ2v) is 7.41. The van der Waals surface area contributed by atoms with Gasteiger partial charge in [0.1, 0.15) is 6.54 Å². The van der Waals surface area contributed by atoms with Crippen molar-refractivity contribution in [2.45, 2.75) is 39.1 Å². The molecule has 3 aromatic rings. The highest BCUT2D eigenvalue weighted by molar-refractivity contribution is 5.83. The van der Waals surface area contributed by atoms with Gasteiger partial charge in [-0.2, -0.15) is 0 Å². The van der Waals surface area contributed by atoms with Crippen molar-refractivity contribution in [3.8, 4) is 0 Å². The molecule has 4 rings (SSSR count). The summed E-state index contributed by atoms with van der Waals surface area (Å²) in [5.41, 5.74) is 3.01. The number of benzene rings is 2. The van der Waals surface area contributed by atoms with Crippen molar-refractivity contribution in [1.82, 2.24) is 14.5 Å². The summed E-state index contributed by atoms with van der Waals surface area (Å²) >= 11 is 0. The monoisotopic (exact) mass is 378 g/mol. The van der Waals surface area contributed by atoms with Crippen LogP contribution < -0.4 is 5.32 Å². The molecule has 0 aliphatic carbocycles. The highest BCUT2D eigenvalue weighted by atomic mass is 16.5. The number of rotatable bonds is 5. The molecule has 146 valence electrons. The van der Waals surface area contributed by atoms with E-state index in [1.54, 1.807) is 0 Å². The molecule has 0 unspecified atom stereocenters. The quantitative estimate of drug-likeness (QED) is 0.740. The first-order valence-electron chi connectivity index (χ1n) is 9.76. The van der Waals surface area contributed by atoms with Crippen LogP contribution in [-0.2, 0) is 22.6 Å². The predicted octanol–water partition coefficient (Wildman–Crippen LogP) is 3.28. The molecule has 1 aliphatic rings. The predicted molar refractivity (Wildman–Crippen MR) is 110 cm³/mol. The van der Waals surface area contributed by atoms with Crippen molar-refractivity contribution in [1.29, 1.82) is 0 Å². The Morgan fingerprint density at radius 3 is 2.50 bits per heavy atom. The van der Waals surface area contributed by atoms with Crippen LogP contribution in [0, 0.1) is 0 Å². The molecule has 6 heteroatoms. The fourth-order valence-electron chi connectivity index (χ4n) is 3.76. The molecule has 2 atom stereocenters. The van der Waals surface area contributed by atoms with Gasteiger partial charge in [-0.05, 0) is 31.5 Å². The first-order valence-corrected chi connectivity index (χ1v) is 9.76. The molecule has 1 aliphatic heterocycles. The molecular weight excluding hydrogens is 352 g/mol. The lowest BCUT2D eigenvalue weighted by atomic mass is 10.2. The number of amides is 1. The molecule has 0 radical (unpaired) electrons. The summed E-state index contributed by atoms with van der Waals surface area (Å²) in [6.45, 7) is 6.19. The molecule has 1 amide bonds. The van der Waals surface area contributed by atoms with E-state index in [2.05, 4.69) is 17.4 Å². The van der Waals surface area contributed by atoms with E-state index in [1.807, 2.05) is 65.8 Å². The number of ether oxygens (including phenoxy) is 1. The van der Waals surface area contributed by atoms with Gasteiger partial charge in [-0.1, -0.05) is 42.5 Å². The lowest BCUT2D eigenvalue weighted by Crippen LogP contribution is -2.49. The maximum Gasteiger partial charge on any atom is 0.242 e. The highest BCUT2D eigenvalue weighted by Gasteiger charge is 2.26. The Balaban J connectivity index is 1.57. The van der Waals surface area contributed by atoms with Crippen molar-refractivity contribution in [2.75, 3.05) is 18.4 Å². The van der Waals surface area contributed by atoms with Gasteiger partial charge in [-0.25, -0.2) is 4.98 Å². The number of hydrogen-bond donors (Lipinski definition) is 1. The van der Waals surface area contributed by atoms with Gasteiger partial charge in [0.05, 0.1) is 23.2 Å². The Morgan fingerprint density at radius 2 is 1.75 bits per heavy atom. The first-order chi connectivity index (χ1) is 13.6. The Labute approximate surface area is 165 Å². The van der Waals surface area contributed by atoms with Crippen molar-refractivity contribution >= 4 is 22.9 Å². The number of carbonyl (C=O) groups excluding carboxylic acids is 1. The SMILES string of the molecule is C[C@H]1CN(C(=O)Cn2c(NCc3ccccc3)nc3ccccc32)C[C@H](C)O1. The van der Waals surface area contributed by atoms with Gasteiger partial charge in [0.15, 0.2) is 0 Å². The van der Waals surface area contributed by atoms with Gasteiger partial charge in [0.25, 0.3) is 0 Å². The third-order valence-corrected chi connectivity index (χ3v) is 5.01. The number of nitrogens with one attached hydrogen (secondary N) is 1. The average Bonchev–Trinajstić information content (AvgIpc) is 3.04. The maximum atomic E-state index is 13.0. The molecule has 6 nitrogen and oxygen atoms in total. The standard InChI is InChI=1S/C22H26N4O2/c1-16-13-25(14-17(2)28-16)21(27)15-26-20-11-7-6-10-19(20)24-22(26)23-12-18-8-4-3-5-9-18/h3-11,16-17H,12-15H2,1-2H3,(H,23,24)/t16-,17-/m0/s1. The fraction of sp³-hybridized carbons (Fsp3) is 0.364. The fourth-order valence-corrected chi connectivity index (χ4v) is 3.76. The summed E-state index contributed by atoms with van der Waals surface area (Å²) in [7, 11) is 0. The number of fused-ring (bicyclic) bond motifs is 1. The number of para-hydroxylation sites is 2. The van der Waals surface area contributed by atoms with E-state index in [9.17, 15) is 4.79 Å². The molecule has 1 aromatic heterocycles. The molecule has 2 heterocycles. The van der Waals surface area contributed by atoms with E-state index in [-0.39, 0.29) is 24.7 Å². The second kappa shape index (κ2) is 8.02. The van der Waals surface area contributed by atoms with Crippen LogP contribution in [0.3, 0.4) is 0 Å². The van der Waals surface area contributed by atoms with Gasteiger partial charge >= 0.3 is 0 Å². The molecular formula is C22H26N4O2. The molecule has 0 spiro atoms. The lowest BCUT2D eigenvalue weighted by Gasteiger charge is -2.35. The summed E-state index contributed by atoms with van der Waals surface area (Å²) in [5.74, 6) is 0.806. The van der Waals surface area contributed by atoms with Crippen molar-refractivity contribution in [2.24, 2.45) is 0 Å². The van der Waals surface area contributed by atoms with Crippen LogP contribution in [0.5, 0.6) is 0 Å². The van der Waals surface area contributed by atoms with Crippen LogP contribution in [0.2, 0.25) is 0 Å². The Morgan fingerprint density at radius 1 is 1.07 bits per heavy atom. The Kier molecular flexibility index (Phi) is 5.30. The maximum absolute atomic E-state index is 13.0.